The monoisotopic (exact) mass is 459 g/mol. The number of aromatic nitrogens is 2. The number of furan rings is 1. The van der Waals surface area contributed by atoms with Crippen LogP contribution in [0, 0.1) is 5.82 Å². The molecule has 0 spiro atoms. The molecule has 2 aromatic carbocycles. The van der Waals surface area contributed by atoms with E-state index in [9.17, 15) is 9.18 Å². The third kappa shape index (κ3) is 4.40. The summed E-state index contributed by atoms with van der Waals surface area (Å²) in [5, 5.41) is 2.91. The summed E-state index contributed by atoms with van der Waals surface area (Å²) in [7, 11) is 0. The van der Waals surface area contributed by atoms with E-state index in [-0.39, 0.29) is 18.9 Å². The van der Waals surface area contributed by atoms with Gasteiger partial charge in [0.1, 0.15) is 11.5 Å². The van der Waals surface area contributed by atoms with E-state index in [4.69, 9.17) is 4.42 Å². The Labute approximate surface area is 200 Å². The van der Waals surface area contributed by atoms with E-state index in [0.29, 0.717) is 17.7 Å². The number of halogens is 1. The molecule has 6 heteroatoms. The minimum absolute atomic E-state index is 0. The molecule has 0 atom stereocenters. The maximum atomic E-state index is 13.5. The van der Waals surface area contributed by atoms with Crippen molar-refractivity contribution < 1.29 is 15.0 Å². The summed E-state index contributed by atoms with van der Waals surface area (Å²) in [6.07, 6.45) is 6.34. The molecule has 0 unspecified atom stereocenters. The molecular weight excluding hydrogens is 429 g/mol. The van der Waals surface area contributed by atoms with Crippen LogP contribution in [0.5, 0.6) is 0 Å². The maximum Gasteiger partial charge on any atom is 0.291 e. The van der Waals surface area contributed by atoms with Crippen molar-refractivity contribution in [2.24, 2.45) is 0 Å². The van der Waals surface area contributed by atoms with Crippen molar-refractivity contribution >= 4 is 11.6 Å². The number of hydrogen-bond acceptors (Lipinski definition) is 3. The first-order valence-electron chi connectivity index (χ1n) is 11.8. The Morgan fingerprint density at radius 1 is 1.06 bits per heavy atom. The van der Waals surface area contributed by atoms with Gasteiger partial charge in [-0.2, -0.15) is 0 Å². The zero-order valence-electron chi connectivity index (χ0n) is 19.4. The molecule has 2 aromatic heterocycles. The summed E-state index contributed by atoms with van der Waals surface area (Å²) in [5.74, 6) is 0.631. The molecule has 0 saturated heterocycles. The van der Waals surface area contributed by atoms with Gasteiger partial charge in [0.15, 0.2) is 11.5 Å². The minimum Gasteiger partial charge on any atom is -0.449 e. The minimum atomic E-state index is -0.307. The van der Waals surface area contributed by atoms with Crippen molar-refractivity contribution in [3.8, 4) is 22.7 Å². The van der Waals surface area contributed by atoms with Crippen molar-refractivity contribution in [2.45, 2.75) is 51.5 Å². The molecule has 34 heavy (non-hydrogen) atoms. The lowest BCUT2D eigenvalue weighted by Gasteiger charge is -2.15. The van der Waals surface area contributed by atoms with Gasteiger partial charge in [0, 0.05) is 18.7 Å². The number of imidazole rings is 1. The predicted octanol–water partition coefficient (Wildman–Crippen LogP) is 7.69. The number of anilines is 1. The molecular formula is C28H30FN3O2. The van der Waals surface area contributed by atoms with Gasteiger partial charge in [-0.05, 0) is 72.9 Å². The number of amides is 1. The van der Waals surface area contributed by atoms with E-state index in [0.717, 1.165) is 35.5 Å². The second kappa shape index (κ2) is 9.29. The molecule has 4 aromatic rings. The topological polar surface area (TPSA) is 60.1 Å². The Hall–Kier alpha value is -3.67. The highest BCUT2D eigenvalue weighted by Crippen LogP contribution is 2.39. The number of nitrogens with one attached hydrogen (secondary N) is 1. The van der Waals surface area contributed by atoms with Gasteiger partial charge < -0.3 is 14.3 Å². The summed E-state index contributed by atoms with van der Waals surface area (Å²) in [5.41, 5.74) is 4.28. The fraction of sp³-hybridized carbons (Fsp3) is 0.286. The smallest absolute Gasteiger partial charge is 0.291 e. The highest BCUT2D eigenvalue weighted by atomic mass is 19.1. The average Bonchev–Trinajstić information content (AvgIpc) is 3.59. The van der Waals surface area contributed by atoms with Crippen molar-refractivity contribution in [1.82, 2.24) is 9.55 Å². The molecule has 5 nitrogen and oxygen atoms in total. The van der Waals surface area contributed by atoms with Crippen molar-refractivity contribution in [3.63, 3.8) is 0 Å². The SMILES string of the molecule is CC(C)c1ccc(NC(=O)c2ccc(-c3c(-c4ccc(F)cc4)ncn3C3CCCC3)o2)cc1.[HH]. The van der Waals surface area contributed by atoms with E-state index >= 15 is 0 Å². The van der Waals surface area contributed by atoms with Crippen LogP contribution >= 0.6 is 0 Å². The first-order valence-corrected chi connectivity index (χ1v) is 11.8. The molecule has 1 N–H and O–H groups in total. The molecule has 176 valence electrons. The summed E-state index contributed by atoms with van der Waals surface area (Å²) in [6, 6.07) is 18.0. The Morgan fingerprint density at radius 3 is 2.44 bits per heavy atom. The lowest BCUT2D eigenvalue weighted by molar-refractivity contribution is 0.0997. The summed E-state index contributed by atoms with van der Waals surface area (Å²) >= 11 is 0. The number of carbonyl (C=O) groups is 1. The molecule has 2 heterocycles. The van der Waals surface area contributed by atoms with Gasteiger partial charge in [-0.25, -0.2) is 9.37 Å². The second-order valence-electron chi connectivity index (χ2n) is 9.19. The van der Waals surface area contributed by atoms with Crippen LogP contribution in [-0.2, 0) is 0 Å². The Balaban J connectivity index is 0.00000289. The molecule has 5 rings (SSSR count). The Morgan fingerprint density at radius 2 is 1.76 bits per heavy atom. The van der Waals surface area contributed by atoms with Crippen LogP contribution in [0.4, 0.5) is 10.1 Å². The third-order valence-electron chi connectivity index (χ3n) is 6.53. The number of carbonyl (C=O) groups excluding carboxylic acids is 1. The van der Waals surface area contributed by atoms with Gasteiger partial charge in [-0.3, -0.25) is 4.79 Å². The van der Waals surface area contributed by atoms with E-state index < -0.39 is 0 Å². The summed E-state index contributed by atoms with van der Waals surface area (Å²) in [4.78, 5) is 17.5. The number of nitrogens with zero attached hydrogens (tertiary/aromatic N) is 2. The van der Waals surface area contributed by atoms with E-state index in [2.05, 4.69) is 28.7 Å². The molecule has 1 aliphatic carbocycles. The van der Waals surface area contributed by atoms with Crippen LogP contribution in [0.3, 0.4) is 0 Å². The van der Waals surface area contributed by atoms with E-state index in [1.165, 1.54) is 30.5 Å². The van der Waals surface area contributed by atoms with Crippen LogP contribution in [0.2, 0.25) is 0 Å². The van der Waals surface area contributed by atoms with E-state index in [1.54, 1.807) is 18.2 Å². The van der Waals surface area contributed by atoms with Crippen molar-refractivity contribution in [3.05, 3.63) is 84.1 Å². The Bertz CT molecular complexity index is 1290. The van der Waals surface area contributed by atoms with Gasteiger partial charge in [0.05, 0.1) is 12.0 Å². The zero-order chi connectivity index (χ0) is 23.7. The number of benzene rings is 2. The fourth-order valence-corrected chi connectivity index (χ4v) is 4.61. The molecule has 1 amide bonds. The standard InChI is InChI=1S/C28H28FN3O2.H2/c1-18(2)19-9-13-22(14-10-19)31-28(33)25-16-15-24(34-25)27-26(20-7-11-21(29)12-8-20)30-17-32(27)23-5-3-4-6-23;/h7-18,23H,3-6H2,1-2H3,(H,31,33);1H. The molecule has 1 fully saturated rings. The first kappa shape index (κ1) is 22.1. The summed E-state index contributed by atoms with van der Waals surface area (Å²) < 4.78 is 21.7. The fourth-order valence-electron chi connectivity index (χ4n) is 4.61. The molecule has 0 radical (unpaired) electrons. The first-order chi connectivity index (χ1) is 16.5. The molecule has 0 bridgehead atoms. The van der Waals surface area contributed by atoms with Crippen LogP contribution in [0.1, 0.15) is 69.0 Å². The zero-order valence-corrected chi connectivity index (χ0v) is 19.4. The average molecular weight is 460 g/mol. The maximum absolute atomic E-state index is 13.5. The summed E-state index contributed by atoms with van der Waals surface area (Å²) in [6.45, 7) is 4.27. The molecule has 1 aliphatic rings. The van der Waals surface area contributed by atoms with Gasteiger partial charge in [-0.1, -0.05) is 38.8 Å². The van der Waals surface area contributed by atoms with Gasteiger partial charge in [-0.15, -0.1) is 0 Å². The normalized spacial score (nSPS) is 14.1. The Kier molecular flexibility index (Phi) is 6.05. The van der Waals surface area contributed by atoms with E-state index in [1.807, 2.05) is 36.7 Å². The highest BCUT2D eigenvalue weighted by Gasteiger charge is 2.26. The highest BCUT2D eigenvalue weighted by molar-refractivity contribution is 6.02. The van der Waals surface area contributed by atoms with Gasteiger partial charge in [0.25, 0.3) is 5.91 Å². The second-order valence-corrected chi connectivity index (χ2v) is 9.19. The lowest BCUT2D eigenvalue weighted by Crippen LogP contribution is -2.10. The number of rotatable bonds is 6. The quantitative estimate of drug-likeness (QED) is 0.321. The predicted molar refractivity (Wildman–Crippen MR) is 133 cm³/mol. The lowest BCUT2D eigenvalue weighted by atomic mass is 10.0. The van der Waals surface area contributed by atoms with Crippen LogP contribution in [-0.4, -0.2) is 15.5 Å². The molecule has 1 saturated carbocycles. The van der Waals surface area contributed by atoms with Crippen molar-refractivity contribution in [1.29, 1.82) is 0 Å². The third-order valence-corrected chi connectivity index (χ3v) is 6.53. The van der Waals surface area contributed by atoms with Crippen LogP contribution < -0.4 is 5.32 Å². The molecule has 0 aliphatic heterocycles. The van der Waals surface area contributed by atoms with Crippen LogP contribution in [0.25, 0.3) is 22.7 Å². The van der Waals surface area contributed by atoms with Gasteiger partial charge in [0.2, 0.25) is 0 Å². The van der Waals surface area contributed by atoms with Crippen molar-refractivity contribution in [2.75, 3.05) is 5.32 Å². The van der Waals surface area contributed by atoms with Crippen LogP contribution in [0.15, 0.2) is 71.4 Å². The number of hydrogen-bond donors (Lipinski definition) is 1. The van der Waals surface area contributed by atoms with Gasteiger partial charge >= 0.3 is 0 Å². The largest absolute Gasteiger partial charge is 0.449 e.